The number of rotatable bonds is 7. The van der Waals surface area contributed by atoms with Crippen molar-refractivity contribution in [2.45, 2.75) is 61.9 Å². The number of fused-ring (bicyclic) bond motifs is 3. The van der Waals surface area contributed by atoms with Gasteiger partial charge >= 0.3 is 249 Å². The summed E-state index contributed by atoms with van der Waals surface area (Å²) in [4.78, 5) is 2.69. The van der Waals surface area contributed by atoms with Gasteiger partial charge in [0.15, 0.2) is 0 Å². The Labute approximate surface area is 247 Å². The Morgan fingerprint density at radius 1 is 0.683 bits per heavy atom. The number of hydrogen-bond acceptors (Lipinski definition) is 1. The summed E-state index contributed by atoms with van der Waals surface area (Å²) < 4.78 is 10.3. The van der Waals surface area contributed by atoms with E-state index >= 15 is 0 Å². The van der Waals surface area contributed by atoms with E-state index in [1.54, 1.807) is 15.3 Å². The number of hydrogen-bond donors (Lipinski definition) is 0. The molecule has 208 valence electrons. The molecule has 2 aliphatic carbocycles. The van der Waals surface area contributed by atoms with Crippen molar-refractivity contribution in [2.24, 2.45) is 0 Å². The van der Waals surface area contributed by atoms with Gasteiger partial charge in [-0.25, -0.2) is 0 Å². The average Bonchev–Trinajstić information content (AvgIpc) is 3.63. The summed E-state index contributed by atoms with van der Waals surface area (Å²) >= 11 is -4.38. The monoisotopic (exact) mass is 615 g/mol. The van der Waals surface area contributed by atoms with Crippen LogP contribution in [0.5, 0.6) is 0 Å². The molecule has 0 unspecified atom stereocenters. The van der Waals surface area contributed by atoms with Gasteiger partial charge in [-0.3, -0.25) is 0 Å². The van der Waals surface area contributed by atoms with Crippen LogP contribution in [0.25, 0.3) is 11.1 Å². The molecule has 0 N–H and O–H groups in total. The molecular formula is C39H43NZr. The molecule has 4 aromatic rings. The molecule has 0 saturated carbocycles. The minimum absolute atomic E-state index is 0.391. The van der Waals surface area contributed by atoms with Gasteiger partial charge in [0, 0.05) is 0 Å². The number of allylic oxidation sites excluding steroid dienone is 4. The van der Waals surface area contributed by atoms with Gasteiger partial charge in [-0.05, 0) is 0 Å². The van der Waals surface area contributed by atoms with Crippen molar-refractivity contribution in [1.29, 1.82) is 0 Å². The first-order valence-corrected chi connectivity index (χ1v) is 23.9. The predicted molar refractivity (Wildman–Crippen MR) is 177 cm³/mol. The zero-order chi connectivity index (χ0) is 28.8. The summed E-state index contributed by atoms with van der Waals surface area (Å²) in [5.41, 5.74) is 10.0. The van der Waals surface area contributed by atoms with E-state index in [0.29, 0.717) is 12.1 Å². The molecule has 0 fully saturated rings. The third-order valence-corrected chi connectivity index (χ3v) is 25.5. The Morgan fingerprint density at radius 3 is 1.83 bits per heavy atom. The van der Waals surface area contributed by atoms with E-state index in [1.165, 1.54) is 33.5 Å². The maximum atomic E-state index is 2.73. The van der Waals surface area contributed by atoms with Crippen molar-refractivity contribution in [1.82, 2.24) is 0 Å². The zero-order valence-electron chi connectivity index (χ0n) is 25.5. The Bertz CT molecular complexity index is 1680. The van der Waals surface area contributed by atoms with Crippen LogP contribution < -0.4 is 8.17 Å². The number of benzene rings is 4. The van der Waals surface area contributed by atoms with Crippen LogP contribution in [0.1, 0.15) is 56.4 Å². The Kier molecular flexibility index (Phi) is 7.28. The second kappa shape index (κ2) is 10.6. The van der Waals surface area contributed by atoms with Crippen LogP contribution >= 0.6 is 0 Å². The van der Waals surface area contributed by atoms with Gasteiger partial charge in [-0.1, -0.05) is 0 Å². The standard InChI is InChI=1S/C19H22N.C13H10.C5H5.2CH3.Zr/c1-13(2)20(14(3)4)17-9-10-19-16(12-17)11-15-7-5-6-8-18(15)19;1-3-7-12(8-4-1)11-13-9-5-2-6-10-13;1-2-4-5-3-1;;;/h5-10,13-14H,11H2,1-4H3;1-10H;1-3H,4H2;2*1H3;. The molecular weight excluding hydrogens is 574 g/mol. The summed E-state index contributed by atoms with van der Waals surface area (Å²) in [6, 6.07) is 37.4. The van der Waals surface area contributed by atoms with Crippen LogP contribution in [-0.4, -0.2) is 15.3 Å². The predicted octanol–water partition coefficient (Wildman–Crippen LogP) is 9.40. The van der Waals surface area contributed by atoms with Gasteiger partial charge in [-0.2, -0.15) is 0 Å². The van der Waals surface area contributed by atoms with Gasteiger partial charge in [0.05, 0.1) is 0 Å². The number of nitrogens with zero attached hydrogens (tertiary/aromatic N) is 1. The summed E-state index contributed by atoms with van der Waals surface area (Å²) in [6.45, 7) is 9.43. The summed E-state index contributed by atoms with van der Waals surface area (Å²) in [5.74, 6) is 0. The van der Waals surface area contributed by atoms with Crippen LogP contribution in [0.4, 0.5) is 5.69 Å². The average molecular weight is 617 g/mol. The number of anilines is 1. The molecule has 4 aromatic carbocycles. The van der Waals surface area contributed by atoms with Crippen molar-refractivity contribution in [3.05, 3.63) is 141 Å². The Balaban J connectivity index is 1.87. The van der Waals surface area contributed by atoms with E-state index in [2.05, 4.69) is 157 Å². The second-order valence-corrected chi connectivity index (χ2v) is 28.9. The van der Waals surface area contributed by atoms with Gasteiger partial charge in [0.1, 0.15) is 0 Å². The van der Waals surface area contributed by atoms with Crippen molar-refractivity contribution >= 4 is 12.2 Å². The molecule has 2 aliphatic rings. The molecule has 0 saturated heterocycles. The molecule has 41 heavy (non-hydrogen) atoms. The van der Waals surface area contributed by atoms with E-state index in [1.807, 2.05) is 0 Å². The van der Waals surface area contributed by atoms with Gasteiger partial charge < -0.3 is 0 Å². The van der Waals surface area contributed by atoms with Crippen LogP contribution in [-0.2, 0) is 24.7 Å². The summed E-state index contributed by atoms with van der Waals surface area (Å²) in [6.07, 6.45) is 9.20. The second-order valence-electron chi connectivity index (χ2n) is 13.2. The van der Waals surface area contributed by atoms with E-state index in [4.69, 9.17) is 0 Å². The van der Waals surface area contributed by atoms with Gasteiger partial charge in [0.2, 0.25) is 0 Å². The van der Waals surface area contributed by atoms with E-state index in [0.717, 1.165) is 12.8 Å². The molecule has 0 atom stereocenters. The normalized spacial score (nSPS) is 14.3. The molecule has 2 heteroatoms. The topological polar surface area (TPSA) is 3.24 Å². The molecule has 0 amide bonds. The van der Waals surface area contributed by atoms with Crippen LogP contribution in [0, 0.1) is 0 Å². The Morgan fingerprint density at radius 2 is 1.27 bits per heavy atom. The molecule has 0 radical (unpaired) electrons. The van der Waals surface area contributed by atoms with E-state index in [9.17, 15) is 0 Å². The molecule has 0 heterocycles. The quantitative estimate of drug-likeness (QED) is 0.176. The SMILES string of the molecule is CC(C)N(c1ccc2c([c]1[Zr]([CH3])([CH3])([C]1=CC=CC1)=[C](c1ccccc1)c1ccccc1)Cc1ccccc1-2)C(C)C. The Hall–Kier alpha value is -3.09. The van der Waals surface area contributed by atoms with Crippen molar-refractivity contribution in [2.75, 3.05) is 4.90 Å². The first-order chi connectivity index (χ1) is 19.7. The van der Waals surface area contributed by atoms with E-state index in [-0.39, 0.29) is 0 Å². The molecule has 0 spiro atoms. The fraction of sp³-hybridized carbons (Fsp3) is 0.256. The maximum absolute atomic E-state index is 4.38. The van der Waals surface area contributed by atoms with Crippen LogP contribution in [0.15, 0.2) is 119 Å². The molecule has 0 aromatic heterocycles. The first-order valence-electron chi connectivity index (χ1n) is 15.3. The fourth-order valence-electron chi connectivity index (χ4n) is 8.10. The van der Waals surface area contributed by atoms with Gasteiger partial charge in [0.25, 0.3) is 0 Å². The van der Waals surface area contributed by atoms with Gasteiger partial charge in [-0.15, -0.1) is 0 Å². The third-order valence-electron chi connectivity index (χ3n) is 9.72. The minimum atomic E-state index is -4.38. The van der Waals surface area contributed by atoms with Crippen molar-refractivity contribution in [3.63, 3.8) is 0 Å². The molecule has 0 aliphatic heterocycles. The zero-order valence-corrected chi connectivity index (χ0v) is 27.9. The van der Waals surface area contributed by atoms with Crippen molar-refractivity contribution < 1.29 is 18.3 Å². The molecule has 6 rings (SSSR count). The summed E-state index contributed by atoms with van der Waals surface area (Å²) in [7, 11) is 0. The molecule has 0 bridgehead atoms. The van der Waals surface area contributed by atoms with Crippen LogP contribution in [0.2, 0.25) is 9.26 Å². The molecule has 1 nitrogen and oxygen atoms in total. The van der Waals surface area contributed by atoms with E-state index < -0.39 is 18.3 Å². The van der Waals surface area contributed by atoms with Crippen LogP contribution in [0.3, 0.4) is 0 Å². The van der Waals surface area contributed by atoms with Crippen molar-refractivity contribution in [3.8, 4) is 11.1 Å². The third kappa shape index (κ3) is 4.51. The summed E-state index contributed by atoms with van der Waals surface area (Å²) in [5, 5.41) is 0. The fourth-order valence-corrected chi connectivity index (χ4v) is 23.8. The first kappa shape index (κ1) is 28.1.